The molecule has 0 bridgehead atoms. The summed E-state index contributed by atoms with van der Waals surface area (Å²) in [5, 5.41) is 0. The Morgan fingerprint density at radius 3 is 2.24 bits per heavy atom. The van der Waals surface area contributed by atoms with Crippen molar-refractivity contribution in [2.24, 2.45) is 0 Å². The number of fused-ring (bicyclic) bond motifs is 1. The number of amides is 1. The predicted molar refractivity (Wildman–Crippen MR) is 147 cm³/mol. The quantitative estimate of drug-likeness (QED) is 0.423. The zero-order valence-corrected chi connectivity index (χ0v) is 23.4. The molecule has 0 saturated heterocycles. The summed E-state index contributed by atoms with van der Waals surface area (Å²) in [6.07, 6.45) is 1.43. The van der Waals surface area contributed by atoms with E-state index >= 15 is 0 Å². The topological polar surface area (TPSA) is 90.0 Å². The van der Waals surface area contributed by atoms with Crippen LogP contribution in [0.2, 0.25) is 0 Å². The number of methoxy groups -OCH3 is 2. The molecule has 3 aromatic rings. The number of rotatable bonds is 6. The van der Waals surface area contributed by atoms with Crippen molar-refractivity contribution < 1.29 is 27.5 Å². The van der Waals surface area contributed by atoms with Crippen molar-refractivity contribution in [2.45, 2.75) is 49.5 Å². The maximum Gasteiger partial charge on any atom is 0.332 e. The van der Waals surface area contributed by atoms with Crippen LogP contribution in [0.3, 0.4) is 0 Å². The van der Waals surface area contributed by atoms with Gasteiger partial charge in [-0.15, -0.1) is 0 Å². The molecule has 0 N–H and O–H groups in total. The van der Waals surface area contributed by atoms with Gasteiger partial charge in [-0.2, -0.15) is 0 Å². The first-order valence-electron chi connectivity index (χ1n) is 12.3. The molecule has 0 aliphatic carbocycles. The van der Waals surface area contributed by atoms with Crippen LogP contribution in [0, 0.1) is 0 Å². The molecule has 1 unspecified atom stereocenters. The molecule has 38 heavy (non-hydrogen) atoms. The van der Waals surface area contributed by atoms with Crippen molar-refractivity contribution in [2.75, 3.05) is 25.4 Å². The number of benzene rings is 3. The minimum Gasteiger partial charge on any atom is -0.496 e. The fourth-order valence-electron chi connectivity index (χ4n) is 5.15. The van der Waals surface area contributed by atoms with Gasteiger partial charge in [0.15, 0.2) is 15.4 Å². The minimum absolute atomic E-state index is 0.107. The van der Waals surface area contributed by atoms with Gasteiger partial charge in [0, 0.05) is 30.3 Å². The lowest BCUT2D eigenvalue weighted by Crippen LogP contribution is -2.58. The monoisotopic (exact) mass is 535 g/mol. The summed E-state index contributed by atoms with van der Waals surface area (Å²) >= 11 is 0. The zero-order valence-electron chi connectivity index (χ0n) is 22.6. The fourth-order valence-corrected chi connectivity index (χ4v) is 5.83. The van der Waals surface area contributed by atoms with Gasteiger partial charge in [-0.1, -0.05) is 57.2 Å². The molecule has 3 aromatic carbocycles. The van der Waals surface area contributed by atoms with E-state index in [0.717, 1.165) is 17.4 Å². The highest BCUT2D eigenvalue weighted by Crippen LogP contribution is 2.44. The number of esters is 1. The molecule has 1 aliphatic rings. The van der Waals surface area contributed by atoms with E-state index in [-0.39, 0.29) is 23.2 Å². The Morgan fingerprint density at radius 2 is 1.66 bits per heavy atom. The average Bonchev–Trinajstić information content (AvgIpc) is 3.20. The number of hydrogen-bond acceptors (Lipinski definition) is 6. The number of hydrogen-bond donors (Lipinski definition) is 0. The first-order valence-corrected chi connectivity index (χ1v) is 14.2. The summed E-state index contributed by atoms with van der Waals surface area (Å²) in [6, 6.07) is 19.3. The van der Waals surface area contributed by atoms with Gasteiger partial charge in [0.05, 0.1) is 19.1 Å². The number of carbonyl (C=O) groups excluding carboxylic acids is 2. The third-order valence-corrected chi connectivity index (χ3v) is 8.11. The van der Waals surface area contributed by atoms with Crippen LogP contribution in [-0.4, -0.2) is 46.3 Å². The first-order chi connectivity index (χ1) is 17.8. The van der Waals surface area contributed by atoms with Crippen LogP contribution >= 0.6 is 0 Å². The molecule has 4 rings (SSSR count). The predicted octanol–water partition coefficient (Wildman–Crippen LogP) is 4.75. The second kappa shape index (κ2) is 9.91. The van der Waals surface area contributed by atoms with Crippen molar-refractivity contribution in [3.63, 3.8) is 0 Å². The molecule has 1 amide bonds. The molecule has 0 saturated carbocycles. The van der Waals surface area contributed by atoms with Crippen molar-refractivity contribution in [3.8, 4) is 5.75 Å². The van der Waals surface area contributed by atoms with Crippen LogP contribution in [0.4, 0.5) is 5.69 Å². The van der Waals surface area contributed by atoms with Gasteiger partial charge in [-0.3, -0.25) is 9.69 Å². The SMILES string of the molecule is COC(=O)C1(Cc2ccccc2)Cc2cc(S(C)(=O)=O)ccc2N1C(=O)c1ccc(C(C)(C)C)c(OC)c1. The second-order valence-electron chi connectivity index (χ2n) is 10.7. The summed E-state index contributed by atoms with van der Waals surface area (Å²) in [7, 11) is -0.644. The molecule has 0 aromatic heterocycles. The Kier molecular flexibility index (Phi) is 7.14. The van der Waals surface area contributed by atoms with E-state index in [0.29, 0.717) is 22.6 Å². The van der Waals surface area contributed by atoms with E-state index < -0.39 is 27.3 Å². The standard InChI is InChI=1S/C30H33NO6S/c1-29(2,3)24-14-12-21(17-26(24)36-4)27(32)31-25-15-13-23(38(6,34)35)16-22(25)19-30(31,28(33)37-5)18-20-10-8-7-9-11-20/h7-17H,18-19H2,1-6H3. The van der Waals surface area contributed by atoms with Crippen LogP contribution in [0.25, 0.3) is 0 Å². The molecule has 1 aliphatic heterocycles. The Bertz CT molecular complexity index is 1490. The molecule has 0 radical (unpaired) electrons. The largest absolute Gasteiger partial charge is 0.496 e. The highest BCUT2D eigenvalue weighted by Gasteiger charge is 2.54. The summed E-state index contributed by atoms with van der Waals surface area (Å²) in [4.78, 5) is 29.5. The van der Waals surface area contributed by atoms with Gasteiger partial charge in [0.25, 0.3) is 5.91 Å². The van der Waals surface area contributed by atoms with E-state index in [4.69, 9.17) is 9.47 Å². The average molecular weight is 536 g/mol. The highest BCUT2D eigenvalue weighted by molar-refractivity contribution is 7.90. The molecule has 200 valence electrons. The molecule has 8 heteroatoms. The maximum absolute atomic E-state index is 14.3. The van der Waals surface area contributed by atoms with Crippen LogP contribution in [-0.2, 0) is 37.6 Å². The zero-order chi connectivity index (χ0) is 27.9. The van der Waals surface area contributed by atoms with Crippen molar-refractivity contribution >= 4 is 27.4 Å². The number of carbonyl (C=O) groups is 2. The lowest BCUT2D eigenvalue weighted by Gasteiger charge is -2.36. The molecule has 7 nitrogen and oxygen atoms in total. The van der Waals surface area contributed by atoms with Gasteiger partial charge in [-0.25, -0.2) is 13.2 Å². The third-order valence-electron chi connectivity index (χ3n) is 7.00. The van der Waals surface area contributed by atoms with Crippen LogP contribution in [0.15, 0.2) is 71.6 Å². The van der Waals surface area contributed by atoms with E-state index in [1.165, 1.54) is 18.1 Å². The molecule has 0 spiro atoms. The van der Waals surface area contributed by atoms with Gasteiger partial charge in [-0.05, 0) is 52.4 Å². The van der Waals surface area contributed by atoms with E-state index in [9.17, 15) is 18.0 Å². The Hall–Kier alpha value is -3.65. The number of ether oxygens (including phenoxy) is 2. The molecule has 1 heterocycles. The van der Waals surface area contributed by atoms with E-state index in [1.54, 1.807) is 31.4 Å². The van der Waals surface area contributed by atoms with Crippen LogP contribution in [0.5, 0.6) is 5.75 Å². The number of sulfone groups is 1. The van der Waals surface area contributed by atoms with Crippen molar-refractivity contribution in [1.82, 2.24) is 0 Å². The Morgan fingerprint density at radius 1 is 0.974 bits per heavy atom. The Labute approximate surface area is 224 Å². The van der Waals surface area contributed by atoms with Crippen LogP contribution in [0.1, 0.15) is 47.8 Å². The lowest BCUT2D eigenvalue weighted by molar-refractivity contribution is -0.146. The molecular weight excluding hydrogens is 502 g/mol. The Balaban J connectivity index is 1.93. The van der Waals surface area contributed by atoms with Gasteiger partial charge < -0.3 is 9.47 Å². The number of nitrogens with zero attached hydrogens (tertiary/aromatic N) is 1. The third kappa shape index (κ3) is 4.92. The van der Waals surface area contributed by atoms with Crippen molar-refractivity contribution in [3.05, 3.63) is 89.0 Å². The first kappa shape index (κ1) is 27.4. The molecule has 1 atom stereocenters. The minimum atomic E-state index is -3.50. The molecular formula is C30H33NO6S. The smallest absolute Gasteiger partial charge is 0.332 e. The number of anilines is 1. The lowest BCUT2D eigenvalue weighted by atomic mass is 9.85. The summed E-state index contributed by atoms with van der Waals surface area (Å²) < 4.78 is 35.5. The summed E-state index contributed by atoms with van der Waals surface area (Å²) in [5.41, 5.74) is 1.56. The highest BCUT2D eigenvalue weighted by atomic mass is 32.2. The van der Waals surface area contributed by atoms with Gasteiger partial charge >= 0.3 is 5.97 Å². The van der Waals surface area contributed by atoms with Gasteiger partial charge in [0.1, 0.15) is 5.75 Å². The van der Waals surface area contributed by atoms with Crippen LogP contribution < -0.4 is 9.64 Å². The second-order valence-corrected chi connectivity index (χ2v) is 12.7. The summed E-state index contributed by atoms with van der Waals surface area (Å²) in [5.74, 6) is -0.414. The van der Waals surface area contributed by atoms with Gasteiger partial charge in [0.2, 0.25) is 0 Å². The van der Waals surface area contributed by atoms with Crippen molar-refractivity contribution in [1.29, 1.82) is 0 Å². The normalized spacial score (nSPS) is 17.2. The van der Waals surface area contributed by atoms with E-state index in [1.807, 2.05) is 36.4 Å². The molecule has 0 fully saturated rings. The summed E-state index contributed by atoms with van der Waals surface area (Å²) in [6.45, 7) is 6.18. The maximum atomic E-state index is 14.3. The van der Waals surface area contributed by atoms with E-state index in [2.05, 4.69) is 20.8 Å². The fraction of sp³-hybridized carbons (Fsp3) is 0.333.